The maximum absolute atomic E-state index is 14.9. The Morgan fingerprint density at radius 1 is 1.04 bits per heavy atom. The molecular weight excluding hydrogens is 397 g/mol. The summed E-state index contributed by atoms with van der Waals surface area (Å²) >= 11 is 0. The molecule has 1 aliphatic rings. The molecule has 0 bridgehead atoms. The highest BCUT2D eigenvalue weighted by Gasteiger charge is 2.33. The number of hydrogen-bond acceptors (Lipinski definition) is 5. The Kier molecular flexibility index (Phi) is 7.70. The van der Waals surface area contributed by atoms with E-state index < -0.39 is 68.1 Å². The average Bonchev–Trinajstić information content (AvgIpc) is 2.60. The van der Waals surface area contributed by atoms with Gasteiger partial charge in [-0.2, -0.15) is 0 Å². The summed E-state index contributed by atoms with van der Waals surface area (Å²) in [6, 6.07) is -0.307. The van der Waals surface area contributed by atoms with Crippen LogP contribution >= 0.6 is 0 Å². The van der Waals surface area contributed by atoms with E-state index in [1.165, 1.54) is 0 Å². The minimum Gasteiger partial charge on any atom is -0.481 e. The second-order valence-electron chi connectivity index (χ2n) is 6.98. The molecule has 2 rings (SSSR count). The van der Waals surface area contributed by atoms with E-state index >= 15 is 0 Å². The molecule has 10 heteroatoms. The number of rotatable bonds is 7. The van der Waals surface area contributed by atoms with E-state index in [-0.39, 0.29) is 6.04 Å². The van der Waals surface area contributed by atoms with Crippen LogP contribution in [0.4, 0.5) is 18.9 Å². The standard InChI is InChI=1S/C18H25F3N2O4S/c19-14-12(10-22)15(20)17(23-11-6-4-2-1-3-5-7-11)18(16(14)21)28(26,27)9-8-13(24)25/h11,23H,1-10,22H2,(H,24,25). The van der Waals surface area contributed by atoms with E-state index in [1.807, 2.05) is 0 Å². The lowest BCUT2D eigenvalue weighted by Gasteiger charge is -2.25. The smallest absolute Gasteiger partial charge is 0.304 e. The first kappa shape index (κ1) is 22.5. The van der Waals surface area contributed by atoms with Gasteiger partial charge in [0.1, 0.15) is 4.90 Å². The normalized spacial score (nSPS) is 16.4. The third kappa shape index (κ3) is 5.16. The fraction of sp³-hybridized carbons (Fsp3) is 0.611. The van der Waals surface area contributed by atoms with Crippen molar-refractivity contribution in [2.75, 3.05) is 11.1 Å². The van der Waals surface area contributed by atoms with Crippen molar-refractivity contribution in [3.63, 3.8) is 0 Å². The van der Waals surface area contributed by atoms with Crippen molar-refractivity contribution >= 4 is 21.5 Å². The summed E-state index contributed by atoms with van der Waals surface area (Å²) in [7, 11) is -4.59. The van der Waals surface area contributed by atoms with Gasteiger partial charge in [0.05, 0.1) is 17.9 Å². The maximum atomic E-state index is 14.9. The number of anilines is 1. The van der Waals surface area contributed by atoms with E-state index in [0.717, 1.165) is 32.1 Å². The lowest BCUT2D eigenvalue weighted by atomic mass is 9.96. The largest absolute Gasteiger partial charge is 0.481 e. The fourth-order valence-electron chi connectivity index (χ4n) is 3.42. The monoisotopic (exact) mass is 422 g/mol. The molecule has 0 aromatic heterocycles. The van der Waals surface area contributed by atoms with E-state index in [4.69, 9.17) is 10.8 Å². The van der Waals surface area contributed by atoms with Gasteiger partial charge in [-0.05, 0) is 12.8 Å². The number of nitrogens with one attached hydrogen (secondary N) is 1. The van der Waals surface area contributed by atoms with Crippen molar-refractivity contribution in [2.24, 2.45) is 5.73 Å². The van der Waals surface area contributed by atoms with Gasteiger partial charge in [0, 0.05) is 18.2 Å². The third-order valence-electron chi connectivity index (χ3n) is 4.92. The van der Waals surface area contributed by atoms with Crippen LogP contribution in [0.5, 0.6) is 0 Å². The summed E-state index contributed by atoms with van der Waals surface area (Å²) in [6.07, 6.45) is 5.18. The number of aliphatic carboxylic acids is 1. The Morgan fingerprint density at radius 2 is 1.61 bits per heavy atom. The van der Waals surface area contributed by atoms with Crippen LogP contribution in [0, 0.1) is 17.5 Å². The molecule has 28 heavy (non-hydrogen) atoms. The highest BCUT2D eigenvalue weighted by molar-refractivity contribution is 7.91. The minimum absolute atomic E-state index is 0.307. The van der Waals surface area contributed by atoms with Crippen molar-refractivity contribution in [2.45, 2.75) is 68.8 Å². The topological polar surface area (TPSA) is 109 Å². The predicted octanol–water partition coefficient (Wildman–Crippen LogP) is 3.34. The van der Waals surface area contributed by atoms with E-state index in [0.29, 0.717) is 12.8 Å². The Balaban J connectivity index is 2.54. The second-order valence-corrected chi connectivity index (χ2v) is 9.02. The van der Waals surface area contributed by atoms with E-state index in [1.54, 1.807) is 0 Å². The molecule has 1 saturated carbocycles. The van der Waals surface area contributed by atoms with Crippen LogP contribution in [-0.4, -0.2) is 31.3 Å². The quantitative estimate of drug-likeness (QED) is 0.582. The van der Waals surface area contributed by atoms with Crippen molar-refractivity contribution < 1.29 is 31.5 Å². The van der Waals surface area contributed by atoms with Gasteiger partial charge in [0.15, 0.2) is 27.3 Å². The van der Waals surface area contributed by atoms with Crippen LogP contribution < -0.4 is 11.1 Å². The molecule has 0 unspecified atom stereocenters. The second kappa shape index (κ2) is 9.60. The highest BCUT2D eigenvalue weighted by Crippen LogP contribution is 2.35. The molecule has 158 valence electrons. The number of nitrogens with two attached hydrogens (primary N) is 1. The molecule has 0 atom stereocenters. The molecule has 0 amide bonds. The number of halogens is 3. The van der Waals surface area contributed by atoms with Crippen LogP contribution in [0.15, 0.2) is 4.90 Å². The third-order valence-corrected chi connectivity index (χ3v) is 6.67. The van der Waals surface area contributed by atoms with Crippen molar-refractivity contribution in [1.29, 1.82) is 0 Å². The summed E-state index contributed by atoms with van der Waals surface area (Å²) in [5.74, 6) is -7.05. The first-order chi connectivity index (χ1) is 13.2. The zero-order chi connectivity index (χ0) is 20.9. The van der Waals surface area contributed by atoms with Crippen LogP contribution in [0.2, 0.25) is 0 Å². The summed E-state index contributed by atoms with van der Waals surface area (Å²) in [5.41, 5.74) is 3.92. The number of carboxylic acids is 1. The SMILES string of the molecule is NCc1c(F)c(F)c(S(=O)(=O)CCC(=O)O)c(NC2CCCCCCC2)c1F. The Bertz CT molecular complexity index is 823. The molecule has 6 nitrogen and oxygen atoms in total. The van der Waals surface area contributed by atoms with Crippen LogP contribution in [0.3, 0.4) is 0 Å². The van der Waals surface area contributed by atoms with Gasteiger partial charge in [-0.25, -0.2) is 21.6 Å². The highest BCUT2D eigenvalue weighted by atomic mass is 32.2. The van der Waals surface area contributed by atoms with Crippen LogP contribution in [0.25, 0.3) is 0 Å². The Hall–Kier alpha value is -1.81. The molecule has 0 spiro atoms. The molecule has 0 aliphatic heterocycles. The van der Waals surface area contributed by atoms with Crippen LogP contribution in [0.1, 0.15) is 56.9 Å². The molecule has 0 saturated heterocycles. The van der Waals surface area contributed by atoms with Gasteiger partial charge in [-0.15, -0.1) is 0 Å². The van der Waals surface area contributed by atoms with Gasteiger partial charge in [0.25, 0.3) is 0 Å². The first-order valence-electron chi connectivity index (χ1n) is 9.29. The molecule has 1 aromatic rings. The van der Waals surface area contributed by atoms with Gasteiger partial charge in [0.2, 0.25) is 0 Å². The fourth-order valence-corrected chi connectivity index (χ4v) is 4.89. The summed E-state index contributed by atoms with van der Waals surface area (Å²) in [5, 5.41) is 11.5. The average molecular weight is 422 g/mol. The number of hydrogen-bond donors (Lipinski definition) is 3. The van der Waals surface area contributed by atoms with Crippen LogP contribution in [-0.2, 0) is 21.2 Å². The Morgan fingerprint density at radius 3 is 2.14 bits per heavy atom. The number of sulfone groups is 1. The van der Waals surface area contributed by atoms with Gasteiger partial charge < -0.3 is 16.2 Å². The van der Waals surface area contributed by atoms with Gasteiger partial charge >= 0.3 is 5.97 Å². The first-order valence-corrected chi connectivity index (χ1v) is 10.9. The summed E-state index contributed by atoms with van der Waals surface area (Å²) < 4.78 is 68.9. The van der Waals surface area contributed by atoms with E-state index in [9.17, 15) is 26.4 Å². The lowest BCUT2D eigenvalue weighted by molar-refractivity contribution is -0.136. The van der Waals surface area contributed by atoms with Gasteiger partial charge in [-0.1, -0.05) is 32.1 Å². The number of carboxylic acid groups (broad SMARTS) is 1. The van der Waals surface area contributed by atoms with Crippen molar-refractivity contribution in [3.05, 3.63) is 23.0 Å². The van der Waals surface area contributed by atoms with E-state index in [2.05, 4.69) is 5.32 Å². The number of carbonyl (C=O) groups is 1. The summed E-state index contributed by atoms with van der Waals surface area (Å²) in [4.78, 5) is 9.57. The van der Waals surface area contributed by atoms with Gasteiger partial charge in [-0.3, -0.25) is 4.79 Å². The molecule has 1 aromatic carbocycles. The molecule has 1 fully saturated rings. The predicted molar refractivity (Wildman–Crippen MR) is 98.2 cm³/mol. The molecule has 0 heterocycles. The zero-order valence-corrected chi connectivity index (χ0v) is 16.3. The molecule has 0 radical (unpaired) electrons. The van der Waals surface area contributed by atoms with Crippen molar-refractivity contribution in [1.82, 2.24) is 0 Å². The summed E-state index contributed by atoms with van der Waals surface area (Å²) in [6.45, 7) is -0.649. The number of benzene rings is 1. The Labute approximate surface area is 162 Å². The zero-order valence-electron chi connectivity index (χ0n) is 15.4. The maximum Gasteiger partial charge on any atom is 0.304 e. The lowest BCUT2D eigenvalue weighted by Crippen LogP contribution is -2.26. The van der Waals surface area contributed by atoms with Crippen molar-refractivity contribution in [3.8, 4) is 0 Å². The minimum atomic E-state index is -4.59. The molecule has 1 aliphatic carbocycles. The molecular formula is C18H25F3N2O4S. The molecule has 4 N–H and O–H groups in total.